The van der Waals surface area contributed by atoms with Crippen molar-refractivity contribution >= 4 is 28.3 Å². The first-order chi connectivity index (χ1) is 10.1. The van der Waals surface area contributed by atoms with Gasteiger partial charge in [0.1, 0.15) is 10.1 Å². The van der Waals surface area contributed by atoms with E-state index < -0.39 is 0 Å². The lowest BCUT2D eigenvalue weighted by Crippen LogP contribution is -2.45. The molecule has 0 bridgehead atoms. The topological polar surface area (TPSA) is 26.7 Å². The van der Waals surface area contributed by atoms with Crippen molar-refractivity contribution in [3.8, 4) is 5.75 Å². The first kappa shape index (κ1) is 16.6. The van der Waals surface area contributed by atoms with Gasteiger partial charge in [-0.25, -0.2) is 0 Å². The van der Waals surface area contributed by atoms with E-state index in [1.807, 2.05) is 12.1 Å². The van der Waals surface area contributed by atoms with Crippen molar-refractivity contribution in [3.63, 3.8) is 0 Å². The van der Waals surface area contributed by atoms with E-state index in [-0.39, 0.29) is 0 Å². The van der Waals surface area contributed by atoms with E-state index in [4.69, 9.17) is 12.2 Å². The smallest absolute Gasteiger partial charge is 0.136 e. The molecule has 1 heterocycles. The summed E-state index contributed by atoms with van der Waals surface area (Å²) >= 11 is 7.15. The number of hydrogen-bond acceptors (Lipinski definition) is 4. The van der Waals surface area contributed by atoms with Crippen molar-refractivity contribution in [2.45, 2.75) is 25.5 Å². The van der Waals surface area contributed by atoms with Gasteiger partial charge in [-0.3, -0.25) is 0 Å². The maximum atomic E-state index is 10.3. The molecule has 1 N–H and O–H groups in total. The Hall–Kier alpha value is -0.780. The van der Waals surface area contributed by atoms with E-state index in [0.29, 0.717) is 11.5 Å². The summed E-state index contributed by atoms with van der Waals surface area (Å²) in [7, 11) is 2.14. The molecule has 5 heteroatoms. The third-order valence-corrected chi connectivity index (χ3v) is 5.33. The van der Waals surface area contributed by atoms with Gasteiger partial charge in [0.25, 0.3) is 0 Å². The summed E-state index contributed by atoms with van der Waals surface area (Å²) in [6.45, 7) is 6.23. The van der Waals surface area contributed by atoms with Crippen molar-refractivity contribution in [1.82, 2.24) is 9.80 Å². The molecule has 0 amide bonds. The monoisotopic (exact) mass is 323 g/mol. The number of phenols is 1. The van der Waals surface area contributed by atoms with Crippen LogP contribution in [0.5, 0.6) is 5.75 Å². The number of phenolic OH excluding ortho intramolecular Hbond substituents is 1. The molecule has 0 spiro atoms. The number of likely N-dealkylation sites (N-methyl/N-ethyl adjacent to an activating group) is 1. The van der Waals surface area contributed by atoms with Crippen LogP contribution in [-0.4, -0.2) is 52.5 Å². The standard InChI is InChI=1S/C16H23N2OS2/c1-3-5-13-6-4-7-14(15(13)19)12-21-16(20)18-10-8-17(2)9-11-18/h6-7,19H,3,5,8-12H2,1-2H3. The Balaban J connectivity index is 1.90. The molecule has 115 valence electrons. The number of benzene rings is 1. The molecule has 21 heavy (non-hydrogen) atoms. The molecule has 2 rings (SSSR count). The highest BCUT2D eigenvalue weighted by molar-refractivity contribution is 8.22. The highest BCUT2D eigenvalue weighted by Gasteiger charge is 2.17. The van der Waals surface area contributed by atoms with Crippen LogP contribution >= 0.6 is 24.0 Å². The average molecular weight is 324 g/mol. The number of nitrogens with zero attached hydrogens (tertiary/aromatic N) is 2. The van der Waals surface area contributed by atoms with Crippen LogP contribution in [0.25, 0.3) is 0 Å². The van der Waals surface area contributed by atoms with Crippen LogP contribution in [-0.2, 0) is 12.2 Å². The Morgan fingerprint density at radius 2 is 1.95 bits per heavy atom. The van der Waals surface area contributed by atoms with Crippen LogP contribution < -0.4 is 0 Å². The number of aromatic hydroxyl groups is 1. The number of thiocarbonyl (C=S) groups is 1. The second-order valence-electron chi connectivity index (χ2n) is 5.45. The molecule has 1 aliphatic heterocycles. The Kier molecular flexibility index (Phi) is 6.33. The van der Waals surface area contributed by atoms with Crippen molar-refractivity contribution < 1.29 is 5.11 Å². The zero-order valence-corrected chi connectivity index (χ0v) is 14.4. The van der Waals surface area contributed by atoms with Crippen LogP contribution in [0.15, 0.2) is 12.1 Å². The van der Waals surface area contributed by atoms with Gasteiger partial charge in [0.15, 0.2) is 0 Å². The van der Waals surface area contributed by atoms with Crippen LogP contribution in [0, 0.1) is 6.07 Å². The summed E-state index contributed by atoms with van der Waals surface area (Å²) in [6.07, 6.45) is 1.92. The first-order valence-corrected chi connectivity index (χ1v) is 8.82. The van der Waals surface area contributed by atoms with Gasteiger partial charge in [-0.15, -0.1) is 0 Å². The minimum atomic E-state index is 0.421. The van der Waals surface area contributed by atoms with Gasteiger partial charge < -0.3 is 14.9 Å². The number of piperazine rings is 1. The first-order valence-electron chi connectivity index (χ1n) is 7.43. The predicted molar refractivity (Wildman–Crippen MR) is 93.9 cm³/mol. The molecule has 1 saturated heterocycles. The maximum Gasteiger partial charge on any atom is 0.136 e. The Labute approximate surface area is 137 Å². The second-order valence-corrected chi connectivity index (χ2v) is 7.06. The summed E-state index contributed by atoms with van der Waals surface area (Å²) < 4.78 is 0.934. The molecule has 1 aliphatic rings. The van der Waals surface area contributed by atoms with Crippen LogP contribution in [0.2, 0.25) is 0 Å². The molecule has 0 aromatic heterocycles. The van der Waals surface area contributed by atoms with Gasteiger partial charge in [0, 0.05) is 37.5 Å². The molecule has 1 aromatic rings. The van der Waals surface area contributed by atoms with Crippen LogP contribution in [0.4, 0.5) is 0 Å². The van der Waals surface area contributed by atoms with Crippen molar-refractivity contribution in [1.29, 1.82) is 0 Å². The maximum absolute atomic E-state index is 10.3. The van der Waals surface area contributed by atoms with Crippen LogP contribution in [0.1, 0.15) is 24.5 Å². The summed E-state index contributed by atoms with van der Waals surface area (Å²) in [5.41, 5.74) is 1.92. The number of aryl methyl sites for hydroxylation is 1. The van der Waals surface area contributed by atoms with Crippen molar-refractivity contribution in [2.24, 2.45) is 0 Å². The highest BCUT2D eigenvalue weighted by atomic mass is 32.2. The third-order valence-electron chi connectivity index (χ3n) is 3.76. The Morgan fingerprint density at radius 1 is 1.29 bits per heavy atom. The molecule has 1 radical (unpaired) electrons. The molecule has 3 nitrogen and oxygen atoms in total. The molecule has 1 fully saturated rings. The van der Waals surface area contributed by atoms with Crippen LogP contribution in [0.3, 0.4) is 0 Å². The lowest BCUT2D eigenvalue weighted by atomic mass is 10.1. The fraction of sp³-hybridized carbons (Fsp3) is 0.562. The largest absolute Gasteiger partial charge is 0.507 e. The quantitative estimate of drug-likeness (QED) is 0.860. The van der Waals surface area contributed by atoms with Gasteiger partial charge in [-0.1, -0.05) is 37.3 Å². The minimum absolute atomic E-state index is 0.421. The van der Waals surface area contributed by atoms with E-state index >= 15 is 0 Å². The van der Waals surface area contributed by atoms with E-state index in [0.717, 1.165) is 54.5 Å². The lowest BCUT2D eigenvalue weighted by Gasteiger charge is -2.33. The fourth-order valence-electron chi connectivity index (χ4n) is 2.38. The van der Waals surface area contributed by atoms with Gasteiger partial charge in [0.2, 0.25) is 0 Å². The summed E-state index contributed by atoms with van der Waals surface area (Å²) in [5, 5.41) is 10.3. The lowest BCUT2D eigenvalue weighted by molar-refractivity contribution is 0.220. The van der Waals surface area contributed by atoms with E-state index in [9.17, 15) is 5.11 Å². The van der Waals surface area contributed by atoms with Gasteiger partial charge in [-0.05, 0) is 37.2 Å². The minimum Gasteiger partial charge on any atom is -0.507 e. The Bertz CT molecular complexity index is 485. The van der Waals surface area contributed by atoms with E-state index in [1.165, 1.54) is 0 Å². The van der Waals surface area contributed by atoms with Gasteiger partial charge in [0.05, 0.1) is 0 Å². The van der Waals surface area contributed by atoms with Crippen molar-refractivity contribution in [2.75, 3.05) is 33.2 Å². The number of thioether (sulfide) groups is 1. The Morgan fingerprint density at radius 3 is 2.62 bits per heavy atom. The summed E-state index contributed by atoms with van der Waals surface area (Å²) in [5.74, 6) is 1.13. The average Bonchev–Trinajstić information content (AvgIpc) is 2.49. The SMILES string of the molecule is CCCc1c[c]cc(CSC(=S)N2CCN(C)CC2)c1O. The fourth-order valence-corrected chi connectivity index (χ4v) is 3.60. The zero-order valence-electron chi connectivity index (χ0n) is 12.8. The van der Waals surface area contributed by atoms with Gasteiger partial charge in [-0.2, -0.15) is 0 Å². The van der Waals surface area contributed by atoms with Gasteiger partial charge >= 0.3 is 0 Å². The number of rotatable bonds is 4. The summed E-state index contributed by atoms with van der Waals surface area (Å²) in [6, 6.07) is 6.88. The highest BCUT2D eigenvalue weighted by Crippen LogP contribution is 2.28. The zero-order chi connectivity index (χ0) is 15.2. The summed E-state index contributed by atoms with van der Waals surface area (Å²) in [4.78, 5) is 4.58. The van der Waals surface area contributed by atoms with Crippen molar-refractivity contribution in [3.05, 3.63) is 29.3 Å². The molecular weight excluding hydrogens is 300 g/mol. The third kappa shape index (κ3) is 4.59. The van der Waals surface area contributed by atoms with E-state index in [1.54, 1.807) is 11.8 Å². The molecule has 0 aliphatic carbocycles. The molecule has 0 unspecified atom stereocenters. The predicted octanol–water partition coefficient (Wildman–Crippen LogP) is 2.91. The molecule has 0 saturated carbocycles. The second kappa shape index (κ2) is 8.01. The number of hydrogen-bond donors (Lipinski definition) is 1. The molecule has 1 aromatic carbocycles. The molecule has 0 atom stereocenters. The van der Waals surface area contributed by atoms with E-state index in [2.05, 4.69) is 29.8 Å². The normalized spacial score (nSPS) is 16.2. The molecular formula is C16H23N2OS2.